The van der Waals surface area contributed by atoms with Crippen LogP contribution in [0.4, 0.5) is 10.6 Å². The minimum absolute atomic E-state index is 0.0399. The first-order chi connectivity index (χ1) is 17.2. The molecule has 7 heteroatoms. The molecule has 0 saturated heterocycles. The van der Waals surface area contributed by atoms with Gasteiger partial charge in [0, 0.05) is 18.7 Å². The number of alkyl carbamates (subject to hydrolysis) is 1. The quantitative estimate of drug-likeness (QED) is 0.438. The Morgan fingerprint density at radius 1 is 0.829 bits per heavy atom. The Bertz CT molecular complexity index is 1080. The first-order valence-corrected chi connectivity index (χ1v) is 12.0. The number of nitrogens with zero attached hydrogens (tertiary/aromatic N) is 1. The van der Waals surface area contributed by atoms with Crippen molar-refractivity contribution in [1.82, 2.24) is 10.3 Å². The van der Waals surface area contributed by atoms with Crippen LogP contribution in [0.1, 0.15) is 36.8 Å². The third kappa shape index (κ3) is 7.57. The molecule has 1 heterocycles. The van der Waals surface area contributed by atoms with Gasteiger partial charge in [-0.1, -0.05) is 60.7 Å². The highest BCUT2D eigenvalue weighted by molar-refractivity contribution is 5.92. The number of pyridine rings is 1. The summed E-state index contributed by atoms with van der Waals surface area (Å²) in [5, 5.41) is 5.80. The van der Waals surface area contributed by atoms with Gasteiger partial charge in [-0.25, -0.2) is 9.78 Å². The molecule has 0 radical (unpaired) electrons. The lowest BCUT2D eigenvalue weighted by Gasteiger charge is -2.27. The summed E-state index contributed by atoms with van der Waals surface area (Å²) in [6.07, 6.45) is 4.51. The Hall–Kier alpha value is -3.87. The molecule has 0 aliphatic heterocycles. The van der Waals surface area contributed by atoms with E-state index >= 15 is 0 Å². The van der Waals surface area contributed by atoms with Crippen molar-refractivity contribution in [2.24, 2.45) is 11.8 Å². The highest BCUT2D eigenvalue weighted by Gasteiger charge is 2.27. The average Bonchev–Trinajstić information content (AvgIpc) is 2.91. The van der Waals surface area contributed by atoms with Gasteiger partial charge in [-0.15, -0.1) is 0 Å². The molecule has 0 unspecified atom stereocenters. The second-order valence-electron chi connectivity index (χ2n) is 8.77. The number of carbonyl (C=O) groups is 2. The fourth-order valence-electron chi connectivity index (χ4n) is 4.19. The topological polar surface area (TPSA) is 89.6 Å². The first-order valence-electron chi connectivity index (χ1n) is 12.0. The molecule has 1 aliphatic rings. The van der Waals surface area contributed by atoms with Crippen LogP contribution >= 0.6 is 0 Å². The van der Waals surface area contributed by atoms with Gasteiger partial charge >= 0.3 is 6.09 Å². The van der Waals surface area contributed by atoms with Crippen molar-refractivity contribution in [2.45, 2.75) is 38.9 Å². The van der Waals surface area contributed by atoms with Crippen molar-refractivity contribution in [3.63, 3.8) is 0 Å². The third-order valence-electron chi connectivity index (χ3n) is 6.21. The molecule has 2 N–H and O–H groups in total. The number of hydrogen-bond donors (Lipinski definition) is 2. The van der Waals surface area contributed by atoms with Crippen molar-refractivity contribution in [3.05, 3.63) is 90.1 Å². The Balaban J connectivity index is 1.18. The van der Waals surface area contributed by atoms with E-state index in [2.05, 4.69) is 15.6 Å². The van der Waals surface area contributed by atoms with Crippen LogP contribution in [0.5, 0.6) is 5.75 Å². The smallest absolute Gasteiger partial charge is 0.407 e. The van der Waals surface area contributed by atoms with E-state index in [0.717, 1.165) is 36.8 Å². The number of anilines is 1. The fourth-order valence-corrected chi connectivity index (χ4v) is 4.19. The highest BCUT2D eigenvalue weighted by Crippen LogP contribution is 2.30. The fraction of sp³-hybridized carbons (Fsp3) is 0.321. The number of carbonyl (C=O) groups excluding carboxylic acids is 2. The maximum Gasteiger partial charge on any atom is 0.407 e. The van der Waals surface area contributed by atoms with Crippen LogP contribution in [0.15, 0.2) is 79.0 Å². The summed E-state index contributed by atoms with van der Waals surface area (Å²) >= 11 is 0. The van der Waals surface area contributed by atoms with Crippen LogP contribution in [0.25, 0.3) is 0 Å². The third-order valence-corrected chi connectivity index (χ3v) is 6.21. The number of ether oxygens (including phenoxy) is 2. The Morgan fingerprint density at radius 2 is 1.49 bits per heavy atom. The normalized spacial score (nSPS) is 17.3. The molecule has 1 saturated carbocycles. The van der Waals surface area contributed by atoms with Crippen molar-refractivity contribution < 1.29 is 19.1 Å². The number of aromatic nitrogens is 1. The second-order valence-corrected chi connectivity index (χ2v) is 8.77. The van der Waals surface area contributed by atoms with Gasteiger partial charge < -0.3 is 20.1 Å². The summed E-state index contributed by atoms with van der Waals surface area (Å²) in [5.41, 5.74) is 2.00. The van der Waals surface area contributed by atoms with Crippen LogP contribution in [0.2, 0.25) is 0 Å². The molecule has 1 fully saturated rings. The summed E-state index contributed by atoms with van der Waals surface area (Å²) in [6, 6.07) is 23.1. The average molecular weight is 474 g/mol. The molecule has 2 aromatic carbocycles. The van der Waals surface area contributed by atoms with Gasteiger partial charge in [0.05, 0.1) is 0 Å². The van der Waals surface area contributed by atoms with E-state index in [1.165, 1.54) is 0 Å². The van der Waals surface area contributed by atoms with Crippen molar-refractivity contribution in [2.75, 3.05) is 11.9 Å². The molecule has 4 rings (SSSR count). The summed E-state index contributed by atoms with van der Waals surface area (Å²) in [5.74, 6) is 1.21. The van der Waals surface area contributed by atoms with Gasteiger partial charge in [-0.2, -0.15) is 0 Å². The lowest BCUT2D eigenvalue weighted by molar-refractivity contribution is -0.121. The number of amides is 2. The molecule has 182 valence electrons. The lowest BCUT2D eigenvalue weighted by Crippen LogP contribution is -2.34. The van der Waals surface area contributed by atoms with Crippen molar-refractivity contribution in [1.29, 1.82) is 0 Å². The van der Waals surface area contributed by atoms with Gasteiger partial charge in [-0.05, 0) is 54.9 Å². The van der Waals surface area contributed by atoms with E-state index in [4.69, 9.17) is 9.47 Å². The monoisotopic (exact) mass is 473 g/mol. The number of hydrogen-bond acceptors (Lipinski definition) is 5. The zero-order valence-electron chi connectivity index (χ0n) is 19.7. The SMILES string of the molecule is O=C(NC[C@H]1CC[C@H](C(=O)Nc2ncccc2OCc2ccccc2)CC1)OCc1ccccc1. The molecule has 35 heavy (non-hydrogen) atoms. The second kappa shape index (κ2) is 12.6. The van der Waals surface area contributed by atoms with E-state index < -0.39 is 6.09 Å². The maximum atomic E-state index is 12.9. The highest BCUT2D eigenvalue weighted by atomic mass is 16.5. The molecular weight excluding hydrogens is 442 g/mol. The molecule has 0 bridgehead atoms. The number of rotatable bonds is 9. The van der Waals surface area contributed by atoms with Crippen LogP contribution in [-0.4, -0.2) is 23.5 Å². The number of nitrogens with one attached hydrogen (secondary N) is 2. The van der Waals surface area contributed by atoms with Gasteiger partial charge in [0.2, 0.25) is 5.91 Å². The molecule has 1 aliphatic carbocycles. The van der Waals surface area contributed by atoms with Crippen LogP contribution in [0.3, 0.4) is 0 Å². The van der Waals surface area contributed by atoms with Crippen LogP contribution in [0, 0.1) is 11.8 Å². The molecule has 1 aromatic heterocycles. The van der Waals surface area contributed by atoms with E-state index in [1.807, 2.05) is 66.7 Å². The van der Waals surface area contributed by atoms with Crippen molar-refractivity contribution >= 4 is 17.8 Å². The van der Waals surface area contributed by atoms with Crippen LogP contribution in [-0.2, 0) is 22.7 Å². The van der Waals surface area contributed by atoms with Gasteiger partial charge in [0.1, 0.15) is 13.2 Å². The van der Waals surface area contributed by atoms with Gasteiger partial charge in [0.15, 0.2) is 11.6 Å². The van der Waals surface area contributed by atoms with E-state index in [-0.39, 0.29) is 18.4 Å². The predicted molar refractivity (Wildman–Crippen MR) is 134 cm³/mol. The van der Waals surface area contributed by atoms with Crippen molar-refractivity contribution in [3.8, 4) is 5.75 Å². The Labute approximate surface area is 205 Å². The predicted octanol–water partition coefficient (Wildman–Crippen LogP) is 5.33. The largest absolute Gasteiger partial charge is 0.485 e. The van der Waals surface area contributed by atoms with Gasteiger partial charge in [-0.3, -0.25) is 4.79 Å². The van der Waals surface area contributed by atoms with Gasteiger partial charge in [0.25, 0.3) is 0 Å². The van der Waals surface area contributed by atoms with E-state index in [1.54, 1.807) is 12.3 Å². The minimum atomic E-state index is -0.410. The zero-order chi connectivity index (χ0) is 24.3. The molecule has 2 amide bonds. The standard InChI is InChI=1S/C28H31N3O4/c32-27(31-26-25(12-7-17-29-26)34-19-22-8-3-1-4-9-22)24-15-13-21(14-16-24)18-30-28(33)35-20-23-10-5-2-6-11-23/h1-12,17,21,24H,13-16,18-20H2,(H,30,33)(H,29,31,32)/t21-,24-. The van der Waals surface area contributed by atoms with Crippen LogP contribution < -0.4 is 15.4 Å². The molecule has 7 nitrogen and oxygen atoms in total. The molecule has 3 aromatic rings. The summed E-state index contributed by atoms with van der Waals surface area (Å²) in [7, 11) is 0. The molecular formula is C28H31N3O4. The summed E-state index contributed by atoms with van der Waals surface area (Å²) in [4.78, 5) is 29.2. The lowest BCUT2D eigenvalue weighted by atomic mass is 9.81. The first kappa shape index (κ1) is 24.3. The molecule has 0 spiro atoms. The summed E-state index contributed by atoms with van der Waals surface area (Å²) < 4.78 is 11.2. The minimum Gasteiger partial charge on any atom is -0.485 e. The Kier molecular flexibility index (Phi) is 8.70. The maximum absolute atomic E-state index is 12.9. The number of benzene rings is 2. The van der Waals surface area contributed by atoms with E-state index in [9.17, 15) is 9.59 Å². The van der Waals surface area contributed by atoms with E-state index in [0.29, 0.717) is 30.6 Å². The Morgan fingerprint density at radius 3 is 2.17 bits per heavy atom. The molecule has 0 atom stereocenters. The summed E-state index contributed by atoms with van der Waals surface area (Å²) in [6.45, 7) is 1.21. The zero-order valence-corrected chi connectivity index (χ0v) is 19.7.